The molecule has 0 saturated carbocycles. The third-order valence-corrected chi connectivity index (χ3v) is 2.67. The van der Waals surface area contributed by atoms with E-state index >= 15 is 0 Å². The van der Waals surface area contributed by atoms with Crippen molar-refractivity contribution in [2.45, 2.75) is 0 Å². The van der Waals surface area contributed by atoms with Gasteiger partial charge in [0.25, 0.3) is 0 Å². The van der Waals surface area contributed by atoms with Crippen LogP contribution in [0.25, 0.3) is 12.2 Å². The number of hydrogen-bond acceptors (Lipinski definition) is 3. The number of hydrogen-bond donors (Lipinski definition) is 2. The van der Waals surface area contributed by atoms with E-state index in [-0.39, 0.29) is 17.3 Å². The molecule has 0 bridgehead atoms. The summed E-state index contributed by atoms with van der Waals surface area (Å²) in [6, 6.07) is 13.2. The lowest BCUT2D eigenvalue weighted by atomic mass is 10.1. The molecular formula is C17H14O3. The first-order valence-electron chi connectivity index (χ1n) is 6.12. The molecule has 0 saturated heterocycles. The molecule has 0 aliphatic rings. The van der Waals surface area contributed by atoms with E-state index in [2.05, 4.69) is 0 Å². The van der Waals surface area contributed by atoms with Gasteiger partial charge in [0.15, 0.2) is 5.78 Å². The minimum absolute atomic E-state index is 0.133. The van der Waals surface area contributed by atoms with E-state index in [1.807, 2.05) is 0 Å². The summed E-state index contributed by atoms with van der Waals surface area (Å²) in [6.07, 6.45) is 6.29. The van der Waals surface area contributed by atoms with Gasteiger partial charge in [0, 0.05) is 0 Å². The standard InChI is InChI=1S/C17H14O3/c18-15-7-1-13(2-8-15)5-11-17(20)12-6-14-3-9-16(19)10-4-14/h1-12,18-19H/b11-5-,12-6+. The van der Waals surface area contributed by atoms with E-state index in [0.29, 0.717) is 0 Å². The Morgan fingerprint density at radius 3 is 1.40 bits per heavy atom. The Balaban J connectivity index is 1.98. The highest BCUT2D eigenvalue weighted by atomic mass is 16.3. The fraction of sp³-hybridized carbons (Fsp3) is 0. The molecule has 0 amide bonds. The van der Waals surface area contributed by atoms with Crippen LogP contribution in [0.1, 0.15) is 11.1 Å². The lowest BCUT2D eigenvalue weighted by Gasteiger charge is -1.94. The smallest absolute Gasteiger partial charge is 0.178 e. The number of allylic oxidation sites excluding steroid dienone is 2. The van der Waals surface area contributed by atoms with Crippen molar-refractivity contribution in [3.05, 3.63) is 71.8 Å². The van der Waals surface area contributed by atoms with Crippen LogP contribution in [0.2, 0.25) is 0 Å². The number of carbonyl (C=O) groups excluding carboxylic acids is 1. The fourth-order valence-corrected chi connectivity index (χ4v) is 1.58. The van der Waals surface area contributed by atoms with Crippen LogP contribution in [0.15, 0.2) is 60.7 Å². The van der Waals surface area contributed by atoms with Crippen molar-refractivity contribution in [1.82, 2.24) is 0 Å². The average molecular weight is 266 g/mol. The summed E-state index contributed by atoms with van der Waals surface area (Å²) in [7, 11) is 0. The SMILES string of the molecule is O=C(/C=C\c1ccc(O)cc1)/C=C/c1ccc(O)cc1. The van der Waals surface area contributed by atoms with Gasteiger partial charge in [-0.2, -0.15) is 0 Å². The molecule has 2 N–H and O–H groups in total. The summed E-state index contributed by atoms with van der Waals surface area (Å²) < 4.78 is 0. The second-order valence-corrected chi connectivity index (χ2v) is 4.25. The Morgan fingerprint density at radius 1 is 0.700 bits per heavy atom. The normalized spacial score (nSPS) is 11.2. The Kier molecular flexibility index (Phi) is 4.35. The lowest BCUT2D eigenvalue weighted by Crippen LogP contribution is -1.84. The molecule has 0 aliphatic carbocycles. The van der Waals surface area contributed by atoms with Gasteiger partial charge in [-0.05, 0) is 47.5 Å². The molecule has 0 aliphatic heterocycles. The molecule has 0 heterocycles. The Morgan fingerprint density at radius 2 is 1.05 bits per heavy atom. The van der Waals surface area contributed by atoms with E-state index in [0.717, 1.165) is 11.1 Å². The molecule has 100 valence electrons. The average Bonchev–Trinajstić information content (AvgIpc) is 2.46. The van der Waals surface area contributed by atoms with Crippen molar-refractivity contribution in [2.75, 3.05) is 0 Å². The van der Waals surface area contributed by atoms with E-state index in [1.54, 1.807) is 60.7 Å². The first-order valence-corrected chi connectivity index (χ1v) is 6.12. The van der Waals surface area contributed by atoms with Crippen molar-refractivity contribution in [2.24, 2.45) is 0 Å². The first kappa shape index (κ1) is 13.6. The van der Waals surface area contributed by atoms with E-state index in [1.165, 1.54) is 12.2 Å². The van der Waals surface area contributed by atoms with Crippen molar-refractivity contribution in [1.29, 1.82) is 0 Å². The topological polar surface area (TPSA) is 57.5 Å². The molecular weight excluding hydrogens is 252 g/mol. The predicted molar refractivity (Wildman–Crippen MR) is 79.3 cm³/mol. The molecule has 0 radical (unpaired) electrons. The first-order chi connectivity index (χ1) is 9.63. The zero-order valence-corrected chi connectivity index (χ0v) is 10.7. The van der Waals surface area contributed by atoms with Crippen molar-refractivity contribution < 1.29 is 15.0 Å². The van der Waals surface area contributed by atoms with Gasteiger partial charge in [0.2, 0.25) is 0 Å². The minimum Gasteiger partial charge on any atom is -0.508 e. The van der Waals surface area contributed by atoms with Gasteiger partial charge in [-0.15, -0.1) is 0 Å². The quantitative estimate of drug-likeness (QED) is 0.834. The van der Waals surface area contributed by atoms with Gasteiger partial charge in [0.05, 0.1) is 0 Å². The lowest BCUT2D eigenvalue weighted by molar-refractivity contribution is -0.110. The molecule has 0 unspecified atom stereocenters. The highest BCUT2D eigenvalue weighted by molar-refractivity contribution is 6.04. The van der Waals surface area contributed by atoms with Crippen LogP contribution in [0.3, 0.4) is 0 Å². The van der Waals surface area contributed by atoms with Gasteiger partial charge < -0.3 is 10.2 Å². The molecule has 3 nitrogen and oxygen atoms in total. The summed E-state index contributed by atoms with van der Waals surface area (Å²) in [6.45, 7) is 0. The monoisotopic (exact) mass is 266 g/mol. The van der Waals surface area contributed by atoms with E-state index < -0.39 is 0 Å². The number of phenols is 2. The number of phenolic OH excluding ortho intramolecular Hbond substituents is 2. The molecule has 0 aromatic heterocycles. The summed E-state index contributed by atoms with van der Waals surface area (Å²) in [5.74, 6) is 0.257. The summed E-state index contributed by atoms with van der Waals surface area (Å²) in [5, 5.41) is 18.3. The minimum atomic E-state index is -0.133. The molecule has 3 heteroatoms. The second kappa shape index (κ2) is 6.38. The maximum Gasteiger partial charge on any atom is 0.178 e. The number of aromatic hydroxyl groups is 2. The number of ketones is 1. The van der Waals surface area contributed by atoms with E-state index in [9.17, 15) is 4.79 Å². The number of carbonyl (C=O) groups is 1. The third kappa shape index (κ3) is 4.14. The maximum absolute atomic E-state index is 11.7. The molecule has 2 rings (SSSR count). The van der Waals surface area contributed by atoms with Crippen LogP contribution in [0, 0.1) is 0 Å². The summed E-state index contributed by atoms with van der Waals surface area (Å²) in [5.41, 5.74) is 1.68. The zero-order valence-electron chi connectivity index (χ0n) is 10.7. The highest BCUT2D eigenvalue weighted by Crippen LogP contribution is 2.12. The van der Waals surface area contributed by atoms with E-state index in [4.69, 9.17) is 10.2 Å². The Bertz CT molecular complexity index is 577. The van der Waals surface area contributed by atoms with Gasteiger partial charge in [-0.1, -0.05) is 36.4 Å². The van der Waals surface area contributed by atoms with Crippen LogP contribution < -0.4 is 0 Å². The molecule has 2 aromatic rings. The number of benzene rings is 2. The van der Waals surface area contributed by atoms with Crippen LogP contribution in [-0.4, -0.2) is 16.0 Å². The molecule has 2 aromatic carbocycles. The maximum atomic E-state index is 11.7. The molecule has 0 fully saturated rings. The van der Waals surface area contributed by atoms with Crippen LogP contribution in [0.5, 0.6) is 11.5 Å². The van der Waals surface area contributed by atoms with Crippen LogP contribution in [0.4, 0.5) is 0 Å². The Labute approximate surface area is 117 Å². The molecule has 20 heavy (non-hydrogen) atoms. The Hall–Kier alpha value is -2.81. The van der Waals surface area contributed by atoms with Gasteiger partial charge in [-0.3, -0.25) is 4.79 Å². The van der Waals surface area contributed by atoms with Crippen molar-refractivity contribution in [3.63, 3.8) is 0 Å². The van der Waals surface area contributed by atoms with Gasteiger partial charge in [-0.25, -0.2) is 0 Å². The van der Waals surface area contributed by atoms with Gasteiger partial charge >= 0.3 is 0 Å². The number of rotatable bonds is 4. The fourth-order valence-electron chi connectivity index (χ4n) is 1.58. The highest BCUT2D eigenvalue weighted by Gasteiger charge is 1.93. The van der Waals surface area contributed by atoms with Gasteiger partial charge in [0.1, 0.15) is 11.5 Å². The predicted octanol–water partition coefficient (Wildman–Crippen LogP) is 3.39. The molecule has 0 spiro atoms. The third-order valence-electron chi connectivity index (χ3n) is 2.67. The molecule has 0 atom stereocenters. The second-order valence-electron chi connectivity index (χ2n) is 4.25. The summed E-state index contributed by atoms with van der Waals surface area (Å²) >= 11 is 0. The van der Waals surface area contributed by atoms with Crippen LogP contribution in [-0.2, 0) is 4.79 Å². The summed E-state index contributed by atoms with van der Waals surface area (Å²) in [4.78, 5) is 11.7. The largest absolute Gasteiger partial charge is 0.508 e. The van der Waals surface area contributed by atoms with Crippen molar-refractivity contribution in [3.8, 4) is 11.5 Å². The van der Waals surface area contributed by atoms with Crippen molar-refractivity contribution >= 4 is 17.9 Å². The van der Waals surface area contributed by atoms with Crippen LogP contribution >= 0.6 is 0 Å². The zero-order chi connectivity index (χ0) is 14.4.